The summed E-state index contributed by atoms with van der Waals surface area (Å²) in [4.78, 5) is 11.7. The molecule has 1 aromatic carbocycles. The van der Waals surface area contributed by atoms with Crippen molar-refractivity contribution >= 4 is 21.9 Å². The molecule has 1 heterocycles. The summed E-state index contributed by atoms with van der Waals surface area (Å²) in [5.41, 5.74) is -0.621. The molecule has 22 heavy (non-hydrogen) atoms. The SMILES string of the molecule is CCOC(=O)C1(CCCCCCOc2ccc(Br)cc2)CO1. The monoisotopic (exact) mass is 370 g/mol. The summed E-state index contributed by atoms with van der Waals surface area (Å²) in [5, 5.41) is 0. The van der Waals surface area contributed by atoms with Crippen molar-refractivity contribution < 1.29 is 19.0 Å². The van der Waals surface area contributed by atoms with E-state index >= 15 is 0 Å². The van der Waals surface area contributed by atoms with Crippen LogP contribution in [0.1, 0.15) is 39.0 Å². The topological polar surface area (TPSA) is 48.1 Å². The maximum atomic E-state index is 11.7. The van der Waals surface area contributed by atoms with Gasteiger partial charge >= 0.3 is 5.97 Å². The van der Waals surface area contributed by atoms with Gasteiger partial charge in [0.1, 0.15) is 5.75 Å². The zero-order valence-electron chi connectivity index (χ0n) is 13.0. The highest BCUT2D eigenvalue weighted by Gasteiger charge is 2.52. The van der Waals surface area contributed by atoms with Gasteiger partial charge < -0.3 is 14.2 Å². The lowest BCUT2D eigenvalue weighted by Gasteiger charge is -2.10. The Hall–Kier alpha value is -1.07. The smallest absolute Gasteiger partial charge is 0.340 e. The normalized spacial score (nSPS) is 19.7. The van der Waals surface area contributed by atoms with Crippen molar-refractivity contribution in [1.29, 1.82) is 0 Å². The van der Waals surface area contributed by atoms with Crippen LogP contribution in [0.4, 0.5) is 0 Å². The highest BCUT2D eigenvalue weighted by Crippen LogP contribution is 2.34. The molecule has 4 nitrogen and oxygen atoms in total. The minimum atomic E-state index is -0.621. The molecule has 0 saturated carbocycles. The third-order valence-electron chi connectivity index (χ3n) is 3.70. The van der Waals surface area contributed by atoms with Gasteiger partial charge in [-0.1, -0.05) is 28.8 Å². The molecule has 1 fully saturated rings. The molecule has 122 valence electrons. The van der Waals surface area contributed by atoms with Crippen LogP contribution in [0.3, 0.4) is 0 Å². The minimum absolute atomic E-state index is 0.200. The van der Waals surface area contributed by atoms with Crippen LogP contribution in [-0.4, -0.2) is 31.4 Å². The summed E-state index contributed by atoms with van der Waals surface area (Å²) in [6.07, 6.45) is 4.93. The van der Waals surface area contributed by atoms with E-state index in [0.29, 0.717) is 13.2 Å². The predicted octanol–water partition coefficient (Wildman–Crippen LogP) is 4.11. The van der Waals surface area contributed by atoms with Gasteiger partial charge in [0.05, 0.1) is 19.8 Å². The summed E-state index contributed by atoms with van der Waals surface area (Å²) < 4.78 is 17.1. The Kier molecular flexibility index (Phi) is 6.70. The molecule has 0 amide bonds. The molecule has 1 aliphatic heterocycles. The van der Waals surface area contributed by atoms with Gasteiger partial charge in [-0.25, -0.2) is 4.79 Å². The molecular weight excluding hydrogens is 348 g/mol. The molecule has 0 radical (unpaired) electrons. The number of hydrogen-bond acceptors (Lipinski definition) is 4. The number of ether oxygens (including phenoxy) is 3. The number of halogens is 1. The number of rotatable bonds is 10. The fraction of sp³-hybridized carbons (Fsp3) is 0.588. The molecule has 1 atom stereocenters. The molecule has 0 bridgehead atoms. The van der Waals surface area contributed by atoms with E-state index in [1.165, 1.54) is 0 Å². The van der Waals surface area contributed by atoms with E-state index in [1.54, 1.807) is 0 Å². The molecule has 5 heteroatoms. The first-order chi connectivity index (χ1) is 10.7. The summed E-state index contributed by atoms with van der Waals surface area (Å²) in [6, 6.07) is 7.86. The van der Waals surface area contributed by atoms with Crippen LogP contribution < -0.4 is 4.74 Å². The van der Waals surface area contributed by atoms with Crippen molar-refractivity contribution in [1.82, 2.24) is 0 Å². The Labute approximate surface area is 140 Å². The lowest BCUT2D eigenvalue weighted by Crippen LogP contribution is -2.27. The third kappa shape index (κ3) is 5.29. The fourth-order valence-corrected chi connectivity index (χ4v) is 2.57. The van der Waals surface area contributed by atoms with E-state index in [1.807, 2.05) is 31.2 Å². The van der Waals surface area contributed by atoms with Gasteiger partial charge in [0.2, 0.25) is 0 Å². The second kappa shape index (κ2) is 8.53. The summed E-state index contributed by atoms with van der Waals surface area (Å²) in [7, 11) is 0. The fourth-order valence-electron chi connectivity index (χ4n) is 2.30. The average Bonchev–Trinajstić information content (AvgIpc) is 3.30. The van der Waals surface area contributed by atoms with E-state index in [4.69, 9.17) is 14.2 Å². The van der Waals surface area contributed by atoms with Crippen molar-refractivity contribution in [3.05, 3.63) is 28.7 Å². The first kappa shape index (κ1) is 17.3. The van der Waals surface area contributed by atoms with Crippen molar-refractivity contribution in [2.24, 2.45) is 0 Å². The van der Waals surface area contributed by atoms with Crippen LogP contribution >= 0.6 is 15.9 Å². The van der Waals surface area contributed by atoms with Gasteiger partial charge in [0.25, 0.3) is 0 Å². The quantitative estimate of drug-likeness (QED) is 0.353. The molecule has 1 saturated heterocycles. The molecule has 1 unspecified atom stereocenters. The van der Waals surface area contributed by atoms with Crippen molar-refractivity contribution in [2.75, 3.05) is 19.8 Å². The number of benzene rings is 1. The van der Waals surface area contributed by atoms with Crippen LogP contribution in [-0.2, 0) is 14.3 Å². The first-order valence-corrected chi connectivity index (χ1v) is 8.65. The van der Waals surface area contributed by atoms with E-state index in [0.717, 1.165) is 48.9 Å². The summed E-state index contributed by atoms with van der Waals surface area (Å²) in [5.74, 6) is 0.699. The standard InChI is InChI=1S/C17H23BrO4/c1-2-20-16(19)17(13-22-17)11-5-3-4-6-12-21-15-9-7-14(18)8-10-15/h7-10H,2-6,11-13H2,1H3. The first-order valence-electron chi connectivity index (χ1n) is 7.86. The minimum Gasteiger partial charge on any atom is -0.494 e. The van der Waals surface area contributed by atoms with Gasteiger partial charge in [-0.3, -0.25) is 0 Å². The number of epoxide rings is 1. The Bertz CT molecular complexity index is 468. The zero-order valence-corrected chi connectivity index (χ0v) is 14.6. The largest absolute Gasteiger partial charge is 0.494 e. The Morgan fingerprint density at radius 3 is 2.55 bits per heavy atom. The Morgan fingerprint density at radius 1 is 1.23 bits per heavy atom. The van der Waals surface area contributed by atoms with Crippen LogP contribution in [0.25, 0.3) is 0 Å². The van der Waals surface area contributed by atoms with Crippen LogP contribution in [0, 0.1) is 0 Å². The van der Waals surface area contributed by atoms with Crippen molar-refractivity contribution in [3.63, 3.8) is 0 Å². The second-order valence-electron chi connectivity index (χ2n) is 5.47. The molecular formula is C17H23BrO4. The number of esters is 1. The van der Waals surface area contributed by atoms with Gasteiger partial charge in [0.15, 0.2) is 5.60 Å². The van der Waals surface area contributed by atoms with Crippen molar-refractivity contribution in [3.8, 4) is 5.75 Å². The Balaban J connectivity index is 1.51. The lowest BCUT2D eigenvalue weighted by molar-refractivity contribution is -0.149. The molecule has 0 spiro atoms. The predicted molar refractivity (Wildman–Crippen MR) is 88.0 cm³/mol. The van der Waals surface area contributed by atoms with Crippen LogP contribution in [0.5, 0.6) is 5.75 Å². The highest BCUT2D eigenvalue weighted by atomic mass is 79.9. The maximum Gasteiger partial charge on any atom is 0.340 e. The van der Waals surface area contributed by atoms with Gasteiger partial charge in [0, 0.05) is 4.47 Å². The Morgan fingerprint density at radius 2 is 1.91 bits per heavy atom. The van der Waals surface area contributed by atoms with Gasteiger partial charge in [-0.15, -0.1) is 0 Å². The number of carbonyl (C=O) groups is 1. The molecule has 1 aromatic rings. The van der Waals surface area contributed by atoms with Crippen LogP contribution in [0.15, 0.2) is 28.7 Å². The van der Waals surface area contributed by atoms with Crippen molar-refractivity contribution in [2.45, 2.75) is 44.6 Å². The number of unbranched alkanes of at least 4 members (excludes halogenated alkanes) is 3. The van der Waals surface area contributed by atoms with E-state index in [9.17, 15) is 4.79 Å². The lowest BCUT2D eigenvalue weighted by atomic mass is 10.0. The number of hydrogen-bond donors (Lipinski definition) is 0. The highest BCUT2D eigenvalue weighted by molar-refractivity contribution is 9.10. The van der Waals surface area contributed by atoms with Gasteiger partial charge in [-0.2, -0.15) is 0 Å². The molecule has 1 aliphatic rings. The van der Waals surface area contributed by atoms with E-state index in [-0.39, 0.29) is 5.97 Å². The van der Waals surface area contributed by atoms with E-state index in [2.05, 4.69) is 15.9 Å². The molecule has 0 aromatic heterocycles. The molecule has 0 N–H and O–H groups in total. The molecule has 0 aliphatic carbocycles. The zero-order chi connectivity index (χ0) is 15.8. The third-order valence-corrected chi connectivity index (χ3v) is 4.23. The second-order valence-corrected chi connectivity index (χ2v) is 6.39. The average molecular weight is 371 g/mol. The van der Waals surface area contributed by atoms with Gasteiger partial charge in [-0.05, 0) is 50.5 Å². The maximum absolute atomic E-state index is 11.7. The van der Waals surface area contributed by atoms with Crippen LogP contribution in [0.2, 0.25) is 0 Å². The number of carbonyl (C=O) groups excluding carboxylic acids is 1. The summed E-state index contributed by atoms with van der Waals surface area (Å²) in [6.45, 7) is 3.47. The van der Waals surface area contributed by atoms with E-state index < -0.39 is 5.60 Å². The molecule has 2 rings (SSSR count). The summed E-state index contributed by atoms with van der Waals surface area (Å²) >= 11 is 3.40.